The van der Waals surface area contributed by atoms with Crippen LogP contribution in [0.2, 0.25) is 0 Å². The number of aryl methyl sites for hydroxylation is 1. The van der Waals surface area contributed by atoms with Crippen molar-refractivity contribution >= 4 is 17.6 Å². The Hall–Kier alpha value is -2.86. The molecule has 1 amide bonds. The lowest BCUT2D eigenvalue weighted by Gasteiger charge is -2.14. The molecule has 144 valence electrons. The van der Waals surface area contributed by atoms with E-state index in [1.54, 1.807) is 31.2 Å². The summed E-state index contributed by atoms with van der Waals surface area (Å²) in [4.78, 5) is 24.1. The van der Waals surface area contributed by atoms with Gasteiger partial charge in [-0.25, -0.2) is 4.79 Å². The Morgan fingerprint density at radius 3 is 2.30 bits per heavy atom. The summed E-state index contributed by atoms with van der Waals surface area (Å²) in [6.45, 7) is 6.60. The van der Waals surface area contributed by atoms with Crippen LogP contribution in [-0.2, 0) is 14.3 Å². The molecular weight excluding hydrogens is 346 g/mol. The van der Waals surface area contributed by atoms with Gasteiger partial charge in [0.1, 0.15) is 12.4 Å². The molecule has 0 saturated heterocycles. The summed E-state index contributed by atoms with van der Waals surface area (Å²) in [5, 5.41) is 2.83. The number of ether oxygens (including phenoxy) is 3. The highest BCUT2D eigenvalue weighted by Gasteiger charge is 2.16. The van der Waals surface area contributed by atoms with Crippen LogP contribution < -0.4 is 10.1 Å². The Bertz CT molecular complexity index is 740. The van der Waals surface area contributed by atoms with Crippen LogP contribution in [-0.4, -0.2) is 37.8 Å². The van der Waals surface area contributed by atoms with Crippen molar-refractivity contribution in [3.63, 3.8) is 0 Å². The molecule has 2 rings (SSSR count). The number of hydrogen-bond donors (Lipinski definition) is 1. The van der Waals surface area contributed by atoms with Gasteiger partial charge >= 0.3 is 5.97 Å². The van der Waals surface area contributed by atoms with Gasteiger partial charge in [-0.15, -0.1) is 0 Å². The van der Waals surface area contributed by atoms with E-state index < -0.39 is 12.1 Å². The van der Waals surface area contributed by atoms with Crippen molar-refractivity contribution in [2.45, 2.75) is 26.9 Å². The first-order valence-corrected chi connectivity index (χ1v) is 8.88. The van der Waals surface area contributed by atoms with Crippen LogP contribution in [0.1, 0.15) is 29.8 Å². The lowest BCUT2D eigenvalue weighted by Crippen LogP contribution is -2.27. The smallest absolute Gasteiger partial charge is 0.347 e. The van der Waals surface area contributed by atoms with Gasteiger partial charge < -0.3 is 19.5 Å². The van der Waals surface area contributed by atoms with Gasteiger partial charge in [0.25, 0.3) is 5.91 Å². The minimum Gasteiger partial charge on any atom is -0.479 e. The van der Waals surface area contributed by atoms with Crippen molar-refractivity contribution in [2.75, 3.05) is 25.1 Å². The minimum atomic E-state index is -0.751. The van der Waals surface area contributed by atoms with Gasteiger partial charge in [-0.2, -0.15) is 0 Å². The molecule has 0 radical (unpaired) electrons. The van der Waals surface area contributed by atoms with E-state index in [1.165, 1.54) is 0 Å². The maximum Gasteiger partial charge on any atom is 0.347 e. The summed E-state index contributed by atoms with van der Waals surface area (Å²) >= 11 is 0. The average molecular weight is 371 g/mol. The first kappa shape index (κ1) is 20.5. The van der Waals surface area contributed by atoms with Crippen molar-refractivity contribution in [2.24, 2.45) is 0 Å². The molecule has 0 aliphatic carbocycles. The van der Waals surface area contributed by atoms with Crippen LogP contribution in [0.3, 0.4) is 0 Å². The zero-order valence-electron chi connectivity index (χ0n) is 15.9. The molecule has 0 aromatic heterocycles. The summed E-state index contributed by atoms with van der Waals surface area (Å²) < 4.78 is 15.7. The number of esters is 1. The van der Waals surface area contributed by atoms with E-state index in [0.717, 1.165) is 11.3 Å². The Kier molecular flexibility index (Phi) is 7.82. The third-order valence-electron chi connectivity index (χ3n) is 3.75. The molecule has 0 saturated carbocycles. The van der Waals surface area contributed by atoms with Crippen LogP contribution in [0.25, 0.3) is 0 Å². The molecule has 6 nitrogen and oxygen atoms in total. The van der Waals surface area contributed by atoms with Crippen LogP contribution >= 0.6 is 0 Å². The van der Waals surface area contributed by atoms with Crippen LogP contribution in [0.4, 0.5) is 5.69 Å². The van der Waals surface area contributed by atoms with E-state index in [2.05, 4.69) is 5.32 Å². The Morgan fingerprint density at radius 1 is 1.00 bits per heavy atom. The molecular formula is C21H25NO5. The first-order chi connectivity index (χ1) is 13.0. The number of carbonyl (C=O) groups is 2. The maximum absolute atomic E-state index is 12.3. The van der Waals surface area contributed by atoms with Gasteiger partial charge in [0, 0.05) is 17.9 Å². The molecule has 1 N–H and O–H groups in total. The van der Waals surface area contributed by atoms with Crippen molar-refractivity contribution < 1.29 is 23.8 Å². The van der Waals surface area contributed by atoms with Crippen molar-refractivity contribution in [3.05, 3.63) is 59.7 Å². The zero-order valence-corrected chi connectivity index (χ0v) is 15.9. The highest BCUT2D eigenvalue weighted by Crippen LogP contribution is 2.16. The second-order valence-electron chi connectivity index (χ2n) is 5.97. The van der Waals surface area contributed by atoms with Gasteiger partial charge in [0.05, 0.1) is 6.61 Å². The molecule has 2 aromatic rings. The fourth-order valence-corrected chi connectivity index (χ4v) is 2.24. The molecule has 2 aromatic carbocycles. The fourth-order valence-electron chi connectivity index (χ4n) is 2.24. The number of benzene rings is 2. The van der Waals surface area contributed by atoms with E-state index in [1.807, 2.05) is 38.1 Å². The van der Waals surface area contributed by atoms with Crippen molar-refractivity contribution in [1.82, 2.24) is 0 Å². The van der Waals surface area contributed by atoms with Crippen molar-refractivity contribution in [3.8, 4) is 5.75 Å². The number of hydrogen-bond acceptors (Lipinski definition) is 5. The third kappa shape index (κ3) is 6.75. The number of carbonyl (C=O) groups excluding carboxylic acids is 2. The van der Waals surface area contributed by atoms with E-state index in [0.29, 0.717) is 24.5 Å². The quantitative estimate of drug-likeness (QED) is 0.539. The average Bonchev–Trinajstić information content (AvgIpc) is 2.67. The van der Waals surface area contributed by atoms with E-state index in [4.69, 9.17) is 14.2 Å². The van der Waals surface area contributed by atoms with Crippen LogP contribution in [0.5, 0.6) is 5.75 Å². The molecule has 0 aliphatic rings. The Balaban J connectivity index is 1.85. The second kappa shape index (κ2) is 10.3. The summed E-state index contributed by atoms with van der Waals surface area (Å²) in [5.41, 5.74) is 2.35. The number of amides is 1. The van der Waals surface area contributed by atoms with E-state index in [-0.39, 0.29) is 12.5 Å². The van der Waals surface area contributed by atoms with Crippen LogP contribution in [0, 0.1) is 6.92 Å². The predicted molar refractivity (Wildman–Crippen MR) is 103 cm³/mol. The summed E-state index contributed by atoms with van der Waals surface area (Å²) in [6, 6.07) is 14.1. The highest BCUT2D eigenvalue weighted by molar-refractivity contribution is 6.04. The van der Waals surface area contributed by atoms with E-state index in [9.17, 15) is 9.59 Å². The summed E-state index contributed by atoms with van der Waals surface area (Å²) in [7, 11) is 0. The molecule has 0 aliphatic heterocycles. The lowest BCUT2D eigenvalue weighted by molar-refractivity contribution is -0.152. The molecule has 0 fully saturated rings. The number of nitrogens with one attached hydrogen (secondary N) is 1. The summed E-state index contributed by atoms with van der Waals surface area (Å²) in [5.74, 6) is -0.194. The number of anilines is 1. The summed E-state index contributed by atoms with van der Waals surface area (Å²) in [6.07, 6.45) is -0.751. The van der Waals surface area contributed by atoms with Crippen LogP contribution in [0.15, 0.2) is 48.5 Å². The SMILES string of the molecule is CCOCCOC(=O)C(C)Oc1ccc(C(=O)Nc2ccc(C)cc2)cc1. The van der Waals surface area contributed by atoms with Gasteiger partial charge in [0.2, 0.25) is 0 Å². The predicted octanol–water partition coefficient (Wildman–Crippen LogP) is 3.59. The van der Waals surface area contributed by atoms with Gasteiger partial charge in [-0.3, -0.25) is 4.79 Å². The molecule has 27 heavy (non-hydrogen) atoms. The molecule has 1 unspecified atom stereocenters. The van der Waals surface area contributed by atoms with Gasteiger partial charge in [0.15, 0.2) is 6.10 Å². The van der Waals surface area contributed by atoms with Gasteiger partial charge in [-0.1, -0.05) is 17.7 Å². The molecule has 0 bridgehead atoms. The zero-order chi connectivity index (χ0) is 19.6. The molecule has 0 spiro atoms. The minimum absolute atomic E-state index is 0.193. The topological polar surface area (TPSA) is 73.9 Å². The molecule has 6 heteroatoms. The van der Waals surface area contributed by atoms with Crippen molar-refractivity contribution in [1.29, 1.82) is 0 Å². The third-order valence-corrected chi connectivity index (χ3v) is 3.75. The Morgan fingerprint density at radius 2 is 1.67 bits per heavy atom. The fraction of sp³-hybridized carbons (Fsp3) is 0.333. The monoisotopic (exact) mass is 371 g/mol. The molecule has 0 heterocycles. The van der Waals surface area contributed by atoms with Gasteiger partial charge in [-0.05, 0) is 57.2 Å². The standard InChI is InChI=1S/C21H25NO5/c1-4-25-13-14-26-21(24)16(3)27-19-11-7-17(8-12-19)20(23)22-18-9-5-15(2)6-10-18/h5-12,16H,4,13-14H2,1-3H3,(H,22,23). The lowest BCUT2D eigenvalue weighted by atomic mass is 10.2. The largest absolute Gasteiger partial charge is 0.479 e. The second-order valence-corrected chi connectivity index (χ2v) is 5.97. The first-order valence-electron chi connectivity index (χ1n) is 8.88. The normalized spacial score (nSPS) is 11.5. The Labute approximate surface area is 159 Å². The highest BCUT2D eigenvalue weighted by atomic mass is 16.6. The maximum atomic E-state index is 12.3. The number of rotatable bonds is 9. The van der Waals surface area contributed by atoms with E-state index >= 15 is 0 Å². The molecule has 1 atom stereocenters.